The van der Waals surface area contributed by atoms with Gasteiger partial charge in [-0.15, -0.1) is 0 Å². The van der Waals surface area contributed by atoms with Crippen LogP contribution >= 0.6 is 0 Å². The number of allylic oxidation sites excluding steroid dienone is 4. The molecular formula is C18H18. The minimum absolute atomic E-state index is 0.180. The molecule has 0 fully saturated rings. The summed E-state index contributed by atoms with van der Waals surface area (Å²) in [5.74, 6) is 0. The SMILES string of the molecule is CC1(C)C=CCC(c2ccc3ccccc3c2)=C1. The second-order valence-corrected chi connectivity index (χ2v) is 5.66. The van der Waals surface area contributed by atoms with Crippen molar-refractivity contribution in [1.82, 2.24) is 0 Å². The van der Waals surface area contributed by atoms with E-state index in [9.17, 15) is 0 Å². The molecule has 0 spiro atoms. The molecule has 0 atom stereocenters. The Morgan fingerprint density at radius 3 is 2.50 bits per heavy atom. The van der Waals surface area contributed by atoms with Crippen molar-refractivity contribution in [2.45, 2.75) is 20.3 Å². The molecule has 90 valence electrons. The molecule has 2 aromatic carbocycles. The maximum atomic E-state index is 2.39. The molecule has 0 heteroatoms. The summed E-state index contributed by atoms with van der Waals surface area (Å²) in [5, 5.41) is 2.63. The lowest BCUT2D eigenvalue weighted by Crippen LogP contribution is -2.07. The molecule has 0 heterocycles. The molecular weight excluding hydrogens is 216 g/mol. The fourth-order valence-electron chi connectivity index (χ4n) is 2.64. The van der Waals surface area contributed by atoms with Gasteiger partial charge in [-0.25, -0.2) is 0 Å². The van der Waals surface area contributed by atoms with Gasteiger partial charge < -0.3 is 0 Å². The molecule has 0 saturated heterocycles. The number of fused-ring (bicyclic) bond motifs is 1. The number of hydrogen-bond donors (Lipinski definition) is 0. The van der Waals surface area contributed by atoms with E-state index in [2.05, 4.69) is 74.5 Å². The van der Waals surface area contributed by atoms with Gasteiger partial charge in [0, 0.05) is 5.41 Å². The van der Waals surface area contributed by atoms with E-state index in [1.807, 2.05) is 0 Å². The fraction of sp³-hybridized carbons (Fsp3) is 0.222. The van der Waals surface area contributed by atoms with Crippen LogP contribution in [0.5, 0.6) is 0 Å². The highest BCUT2D eigenvalue weighted by molar-refractivity contribution is 5.86. The smallest absolute Gasteiger partial charge is 0.00107 e. The molecule has 0 aliphatic heterocycles. The van der Waals surface area contributed by atoms with Crippen LogP contribution in [0, 0.1) is 5.41 Å². The van der Waals surface area contributed by atoms with Crippen LogP contribution in [0.25, 0.3) is 16.3 Å². The lowest BCUT2D eigenvalue weighted by atomic mass is 9.83. The zero-order valence-corrected chi connectivity index (χ0v) is 11.0. The summed E-state index contributed by atoms with van der Waals surface area (Å²) in [6, 6.07) is 15.3. The second kappa shape index (κ2) is 4.13. The normalized spacial score (nSPS) is 17.8. The third-order valence-electron chi connectivity index (χ3n) is 3.55. The highest BCUT2D eigenvalue weighted by Gasteiger charge is 2.16. The van der Waals surface area contributed by atoms with Crippen LogP contribution in [-0.4, -0.2) is 0 Å². The van der Waals surface area contributed by atoms with E-state index >= 15 is 0 Å². The highest BCUT2D eigenvalue weighted by Crippen LogP contribution is 2.33. The first-order valence-corrected chi connectivity index (χ1v) is 6.53. The van der Waals surface area contributed by atoms with Gasteiger partial charge in [0.15, 0.2) is 0 Å². The summed E-state index contributed by atoms with van der Waals surface area (Å²) >= 11 is 0. The van der Waals surface area contributed by atoms with Crippen molar-refractivity contribution < 1.29 is 0 Å². The first-order valence-electron chi connectivity index (χ1n) is 6.53. The van der Waals surface area contributed by atoms with Gasteiger partial charge in [0.1, 0.15) is 0 Å². The molecule has 0 bridgehead atoms. The van der Waals surface area contributed by atoms with Crippen molar-refractivity contribution in [2.24, 2.45) is 5.41 Å². The summed E-state index contributed by atoms with van der Waals surface area (Å²) < 4.78 is 0. The highest BCUT2D eigenvalue weighted by atomic mass is 14.2. The summed E-state index contributed by atoms with van der Waals surface area (Å²) in [4.78, 5) is 0. The molecule has 0 saturated carbocycles. The van der Waals surface area contributed by atoms with Crippen LogP contribution in [0.2, 0.25) is 0 Å². The lowest BCUT2D eigenvalue weighted by molar-refractivity contribution is 0.618. The molecule has 1 aliphatic rings. The summed E-state index contributed by atoms with van der Waals surface area (Å²) in [6.07, 6.45) is 8.00. The Bertz CT molecular complexity index is 642. The van der Waals surface area contributed by atoms with Crippen molar-refractivity contribution in [3.05, 3.63) is 66.3 Å². The summed E-state index contributed by atoms with van der Waals surface area (Å²) in [5.41, 5.74) is 2.97. The quantitative estimate of drug-likeness (QED) is 0.594. The predicted octanol–water partition coefficient (Wildman–Crippen LogP) is 5.21. The van der Waals surface area contributed by atoms with Gasteiger partial charge in [-0.05, 0) is 34.4 Å². The van der Waals surface area contributed by atoms with Crippen molar-refractivity contribution in [3.8, 4) is 0 Å². The van der Waals surface area contributed by atoms with Crippen LogP contribution < -0.4 is 0 Å². The standard InChI is InChI=1S/C18H18/c1-18(2)11-5-8-17(13-18)16-10-9-14-6-3-4-7-15(14)12-16/h3-7,9-13H,8H2,1-2H3. The fourth-order valence-corrected chi connectivity index (χ4v) is 2.64. The van der Waals surface area contributed by atoms with Crippen molar-refractivity contribution in [2.75, 3.05) is 0 Å². The maximum absolute atomic E-state index is 2.39. The minimum Gasteiger partial charge on any atom is -0.0833 e. The molecule has 3 rings (SSSR count). The Balaban J connectivity index is 2.07. The first-order chi connectivity index (χ1) is 8.64. The van der Waals surface area contributed by atoms with E-state index in [4.69, 9.17) is 0 Å². The predicted molar refractivity (Wildman–Crippen MR) is 79.5 cm³/mol. The van der Waals surface area contributed by atoms with Crippen molar-refractivity contribution in [1.29, 1.82) is 0 Å². The van der Waals surface area contributed by atoms with Crippen LogP contribution in [0.15, 0.2) is 60.7 Å². The van der Waals surface area contributed by atoms with Crippen LogP contribution in [0.1, 0.15) is 25.8 Å². The Morgan fingerprint density at radius 2 is 1.72 bits per heavy atom. The minimum atomic E-state index is 0.180. The molecule has 0 unspecified atom stereocenters. The van der Waals surface area contributed by atoms with E-state index in [0.717, 1.165) is 6.42 Å². The number of rotatable bonds is 1. The van der Waals surface area contributed by atoms with E-state index in [1.165, 1.54) is 21.9 Å². The van der Waals surface area contributed by atoms with Gasteiger partial charge in [-0.1, -0.05) is 68.5 Å². The van der Waals surface area contributed by atoms with Gasteiger partial charge in [-0.3, -0.25) is 0 Å². The Labute approximate surface area is 109 Å². The Kier molecular flexibility index (Phi) is 2.59. The summed E-state index contributed by atoms with van der Waals surface area (Å²) in [7, 11) is 0. The largest absolute Gasteiger partial charge is 0.0833 e. The van der Waals surface area contributed by atoms with Gasteiger partial charge in [0.25, 0.3) is 0 Å². The van der Waals surface area contributed by atoms with Crippen LogP contribution in [0.3, 0.4) is 0 Å². The third kappa shape index (κ3) is 2.11. The van der Waals surface area contributed by atoms with E-state index in [0.29, 0.717) is 0 Å². The number of benzene rings is 2. The third-order valence-corrected chi connectivity index (χ3v) is 3.55. The molecule has 2 aromatic rings. The zero-order chi connectivity index (χ0) is 12.6. The average molecular weight is 234 g/mol. The van der Waals surface area contributed by atoms with Gasteiger partial charge in [0.2, 0.25) is 0 Å². The van der Waals surface area contributed by atoms with Gasteiger partial charge in [-0.2, -0.15) is 0 Å². The van der Waals surface area contributed by atoms with Gasteiger partial charge in [0.05, 0.1) is 0 Å². The van der Waals surface area contributed by atoms with E-state index in [-0.39, 0.29) is 5.41 Å². The van der Waals surface area contributed by atoms with Crippen molar-refractivity contribution in [3.63, 3.8) is 0 Å². The zero-order valence-electron chi connectivity index (χ0n) is 11.0. The average Bonchev–Trinajstić information content (AvgIpc) is 2.37. The van der Waals surface area contributed by atoms with E-state index in [1.54, 1.807) is 0 Å². The first kappa shape index (κ1) is 11.3. The maximum Gasteiger partial charge on any atom is 0.00107 e. The van der Waals surface area contributed by atoms with Crippen molar-refractivity contribution >= 4 is 16.3 Å². The second-order valence-electron chi connectivity index (χ2n) is 5.66. The molecule has 0 aromatic heterocycles. The number of hydrogen-bond acceptors (Lipinski definition) is 0. The molecule has 1 aliphatic carbocycles. The lowest BCUT2D eigenvalue weighted by Gasteiger charge is -2.22. The molecule has 0 N–H and O–H groups in total. The molecule has 0 radical (unpaired) electrons. The summed E-state index contributed by atoms with van der Waals surface area (Å²) in [6.45, 7) is 4.51. The molecule has 18 heavy (non-hydrogen) atoms. The Morgan fingerprint density at radius 1 is 0.944 bits per heavy atom. The Hall–Kier alpha value is -1.82. The van der Waals surface area contributed by atoms with Crippen LogP contribution in [-0.2, 0) is 0 Å². The topological polar surface area (TPSA) is 0 Å². The molecule has 0 amide bonds. The molecule has 0 nitrogen and oxygen atoms in total. The monoisotopic (exact) mass is 234 g/mol. The van der Waals surface area contributed by atoms with E-state index < -0.39 is 0 Å². The van der Waals surface area contributed by atoms with Crippen LogP contribution in [0.4, 0.5) is 0 Å². The van der Waals surface area contributed by atoms with Gasteiger partial charge >= 0.3 is 0 Å².